The summed E-state index contributed by atoms with van der Waals surface area (Å²) in [5.41, 5.74) is 0.990. The second kappa shape index (κ2) is 5.24. The third-order valence-electron chi connectivity index (χ3n) is 4.37. The van der Waals surface area contributed by atoms with Crippen LogP contribution in [0.1, 0.15) is 32.6 Å². The molecule has 0 bridgehead atoms. The lowest BCUT2D eigenvalue weighted by Crippen LogP contribution is -2.41. The summed E-state index contributed by atoms with van der Waals surface area (Å²) < 4.78 is 5.86. The number of ether oxygens (including phenoxy) is 1. The Hall–Kier alpha value is -1.51. The molecule has 3 heteroatoms. The first-order chi connectivity index (χ1) is 9.24. The quantitative estimate of drug-likeness (QED) is 0.886. The highest BCUT2D eigenvalue weighted by molar-refractivity contribution is 5.87. The van der Waals surface area contributed by atoms with Gasteiger partial charge in [0.25, 0.3) is 0 Å². The molecule has 1 aromatic carbocycles. The Kier molecular flexibility index (Phi) is 3.45. The normalized spacial score (nSPS) is 29.8. The first-order valence-electron chi connectivity index (χ1n) is 7.27. The minimum Gasteiger partial charge on any atom is -0.479 e. The van der Waals surface area contributed by atoms with E-state index < -0.39 is 0 Å². The van der Waals surface area contributed by atoms with Crippen molar-refractivity contribution in [3.63, 3.8) is 0 Å². The van der Waals surface area contributed by atoms with E-state index in [0.29, 0.717) is 6.54 Å². The van der Waals surface area contributed by atoms with Crippen molar-refractivity contribution in [2.75, 3.05) is 11.9 Å². The zero-order valence-corrected chi connectivity index (χ0v) is 11.4. The zero-order chi connectivity index (χ0) is 13.2. The van der Waals surface area contributed by atoms with E-state index >= 15 is 0 Å². The van der Waals surface area contributed by atoms with Crippen molar-refractivity contribution in [2.45, 2.75) is 38.7 Å². The molecule has 3 rings (SSSR count). The average molecular weight is 259 g/mol. The van der Waals surface area contributed by atoms with Gasteiger partial charge in [-0.05, 0) is 30.9 Å². The van der Waals surface area contributed by atoms with Crippen molar-refractivity contribution in [3.8, 4) is 5.75 Å². The highest BCUT2D eigenvalue weighted by Crippen LogP contribution is 2.33. The second-order valence-electron chi connectivity index (χ2n) is 5.84. The number of nitrogens with one attached hydrogen (secondary N) is 1. The number of hydrogen-bond acceptors (Lipinski definition) is 3. The van der Waals surface area contributed by atoms with E-state index in [2.05, 4.69) is 12.2 Å². The number of rotatable bonds is 2. The van der Waals surface area contributed by atoms with Gasteiger partial charge in [-0.3, -0.25) is 4.79 Å². The molecule has 0 radical (unpaired) electrons. The van der Waals surface area contributed by atoms with Crippen LogP contribution in [-0.4, -0.2) is 18.4 Å². The number of carbonyl (C=O) groups excluding carboxylic acids is 1. The maximum Gasteiger partial charge on any atom is 0.178 e. The monoisotopic (exact) mass is 259 g/mol. The number of para-hydroxylation sites is 2. The van der Waals surface area contributed by atoms with Gasteiger partial charge in [-0.1, -0.05) is 31.9 Å². The van der Waals surface area contributed by atoms with Crippen molar-refractivity contribution in [2.24, 2.45) is 11.8 Å². The standard InChI is InChI=1S/C16H21NO2/c1-11-6-8-12(9-7-11)16(18)15-10-17-13-4-2-3-5-14(13)19-15/h2-5,11-12,15,17H,6-10H2,1H3. The lowest BCUT2D eigenvalue weighted by atomic mass is 9.79. The van der Waals surface area contributed by atoms with Gasteiger partial charge in [0.2, 0.25) is 0 Å². The number of benzene rings is 1. The van der Waals surface area contributed by atoms with Gasteiger partial charge >= 0.3 is 0 Å². The maximum atomic E-state index is 12.5. The van der Waals surface area contributed by atoms with Gasteiger partial charge in [-0.25, -0.2) is 0 Å². The average Bonchev–Trinajstić information content (AvgIpc) is 2.47. The molecule has 1 saturated carbocycles. The molecule has 1 aliphatic heterocycles. The molecular weight excluding hydrogens is 238 g/mol. The summed E-state index contributed by atoms with van der Waals surface area (Å²) in [4.78, 5) is 12.5. The largest absolute Gasteiger partial charge is 0.479 e. The van der Waals surface area contributed by atoms with Crippen LogP contribution in [0.4, 0.5) is 5.69 Å². The fraction of sp³-hybridized carbons (Fsp3) is 0.562. The molecular formula is C16H21NO2. The Morgan fingerprint density at radius 3 is 2.74 bits per heavy atom. The Labute approximate surface area is 114 Å². The summed E-state index contributed by atoms with van der Waals surface area (Å²) in [6.07, 6.45) is 4.09. The van der Waals surface area contributed by atoms with Crippen molar-refractivity contribution < 1.29 is 9.53 Å². The zero-order valence-electron chi connectivity index (χ0n) is 11.4. The topological polar surface area (TPSA) is 38.3 Å². The smallest absolute Gasteiger partial charge is 0.178 e. The lowest BCUT2D eigenvalue weighted by Gasteiger charge is -2.31. The van der Waals surface area contributed by atoms with E-state index in [-0.39, 0.29) is 17.8 Å². The molecule has 0 saturated heterocycles. The first-order valence-corrected chi connectivity index (χ1v) is 7.27. The van der Waals surface area contributed by atoms with Crippen molar-refractivity contribution in [1.82, 2.24) is 0 Å². The van der Waals surface area contributed by atoms with E-state index in [1.807, 2.05) is 24.3 Å². The molecule has 19 heavy (non-hydrogen) atoms. The maximum absolute atomic E-state index is 12.5. The molecule has 3 nitrogen and oxygen atoms in total. The SMILES string of the molecule is CC1CCC(C(=O)C2CNc3ccccc3O2)CC1. The van der Waals surface area contributed by atoms with E-state index in [1.165, 1.54) is 12.8 Å². The van der Waals surface area contributed by atoms with Crippen molar-refractivity contribution >= 4 is 11.5 Å². The Morgan fingerprint density at radius 1 is 1.21 bits per heavy atom. The molecule has 102 valence electrons. The Morgan fingerprint density at radius 2 is 1.95 bits per heavy atom. The number of Topliss-reactive ketones (excluding diaryl/α,β-unsaturated/α-hetero) is 1. The molecule has 1 aromatic rings. The van der Waals surface area contributed by atoms with Crippen LogP contribution in [0.15, 0.2) is 24.3 Å². The van der Waals surface area contributed by atoms with Gasteiger partial charge in [-0.2, -0.15) is 0 Å². The summed E-state index contributed by atoms with van der Waals surface area (Å²) in [5.74, 6) is 2.06. The summed E-state index contributed by atoms with van der Waals surface area (Å²) in [6.45, 7) is 2.87. The molecule has 1 N–H and O–H groups in total. The highest BCUT2D eigenvalue weighted by atomic mass is 16.5. The fourth-order valence-corrected chi connectivity index (χ4v) is 3.08. The number of hydrogen-bond donors (Lipinski definition) is 1. The minimum absolute atomic E-state index is 0.202. The number of ketones is 1. The summed E-state index contributed by atoms with van der Waals surface area (Å²) in [6, 6.07) is 7.82. The molecule has 0 spiro atoms. The predicted octanol–water partition coefficient (Wildman–Crippen LogP) is 3.25. The number of carbonyl (C=O) groups is 1. The number of fused-ring (bicyclic) bond motifs is 1. The van der Waals surface area contributed by atoms with Crippen LogP contribution in [-0.2, 0) is 4.79 Å². The van der Waals surface area contributed by atoms with E-state index in [0.717, 1.165) is 30.2 Å². The molecule has 1 heterocycles. The van der Waals surface area contributed by atoms with Crippen molar-refractivity contribution in [1.29, 1.82) is 0 Å². The van der Waals surface area contributed by atoms with Crippen LogP contribution in [0, 0.1) is 11.8 Å². The minimum atomic E-state index is -0.312. The van der Waals surface area contributed by atoms with Crippen molar-refractivity contribution in [3.05, 3.63) is 24.3 Å². The molecule has 1 atom stereocenters. The Bertz CT molecular complexity index is 464. The summed E-state index contributed by atoms with van der Waals surface area (Å²) in [7, 11) is 0. The van der Waals surface area contributed by atoms with Gasteiger partial charge in [0.1, 0.15) is 5.75 Å². The summed E-state index contributed by atoms with van der Waals surface area (Å²) >= 11 is 0. The molecule has 2 aliphatic rings. The lowest BCUT2D eigenvalue weighted by molar-refractivity contribution is -0.130. The number of anilines is 1. The van der Waals surface area contributed by atoms with Crippen LogP contribution in [0.25, 0.3) is 0 Å². The highest BCUT2D eigenvalue weighted by Gasteiger charge is 2.33. The van der Waals surface area contributed by atoms with Gasteiger partial charge in [0.05, 0.1) is 12.2 Å². The van der Waals surface area contributed by atoms with E-state index in [9.17, 15) is 4.79 Å². The molecule has 1 aliphatic carbocycles. The van der Waals surface area contributed by atoms with E-state index in [1.54, 1.807) is 0 Å². The van der Waals surface area contributed by atoms with Gasteiger partial charge < -0.3 is 10.1 Å². The van der Waals surface area contributed by atoms with Crippen LogP contribution in [0.3, 0.4) is 0 Å². The molecule has 0 amide bonds. The molecule has 1 fully saturated rings. The third-order valence-corrected chi connectivity index (χ3v) is 4.37. The molecule has 0 aromatic heterocycles. The molecule has 1 unspecified atom stereocenters. The van der Waals surface area contributed by atoms with Gasteiger partial charge in [0, 0.05) is 5.92 Å². The summed E-state index contributed by atoms with van der Waals surface area (Å²) in [5, 5.41) is 3.30. The van der Waals surface area contributed by atoms with E-state index in [4.69, 9.17) is 4.74 Å². The second-order valence-corrected chi connectivity index (χ2v) is 5.84. The first kappa shape index (κ1) is 12.5. The van der Waals surface area contributed by atoms with Gasteiger partial charge in [0.15, 0.2) is 11.9 Å². The third kappa shape index (κ3) is 2.60. The van der Waals surface area contributed by atoms with Crippen LogP contribution in [0.5, 0.6) is 5.75 Å². The Balaban J connectivity index is 1.66. The predicted molar refractivity (Wildman–Crippen MR) is 75.5 cm³/mol. The van der Waals surface area contributed by atoms with Crippen LogP contribution >= 0.6 is 0 Å². The fourth-order valence-electron chi connectivity index (χ4n) is 3.08. The van der Waals surface area contributed by atoms with Crippen LogP contribution in [0.2, 0.25) is 0 Å². The van der Waals surface area contributed by atoms with Crippen LogP contribution < -0.4 is 10.1 Å². The van der Waals surface area contributed by atoms with Gasteiger partial charge in [-0.15, -0.1) is 0 Å².